The third-order valence-electron chi connectivity index (χ3n) is 9.08. The molecule has 0 unspecified atom stereocenters. The van der Waals surface area contributed by atoms with Crippen LogP contribution in [0.1, 0.15) is 46.6 Å². The molecule has 10 atom stereocenters. The molecule has 1 heterocycles. The molecule has 2 fully saturated rings. The van der Waals surface area contributed by atoms with Gasteiger partial charge in [0.05, 0.1) is 11.7 Å². The Balaban J connectivity index is 1.97. The van der Waals surface area contributed by atoms with Crippen LogP contribution in [0.5, 0.6) is 0 Å². The van der Waals surface area contributed by atoms with Gasteiger partial charge in [0, 0.05) is 30.7 Å². The number of benzene rings is 1. The van der Waals surface area contributed by atoms with Crippen molar-refractivity contribution in [3.63, 3.8) is 0 Å². The first-order chi connectivity index (χ1) is 17.7. The number of carbonyl (C=O) groups excluding carboxylic acids is 3. The van der Waals surface area contributed by atoms with Gasteiger partial charge in [-0.25, -0.2) is 0 Å². The predicted octanol–water partition coefficient (Wildman–Crippen LogP) is 2.11. The quantitative estimate of drug-likeness (QED) is 0.351. The number of esters is 1. The molecule has 4 rings (SSSR count). The first kappa shape index (κ1) is 28.2. The van der Waals surface area contributed by atoms with E-state index >= 15 is 0 Å². The first-order valence-electron chi connectivity index (χ1n) is 13.3. The lowest BCUT2D eigenvalue weighted by Crippen LogP contribution is -2.68. The zero-order valence-electron chi connectivity index (χ0n) is 22.6. The van der Waals surface area contributed by atoms with Gasteiger partial charge in [-0.05, 0) is 50.3 Å². The van der Waals surface area contributed by atoms with Crippen LogP contribution in [-0.2, 0) is 25.5 Å². The van der Waals surface area contributed by atoms with Crippen LogP contribution in [0.4, 0.5) is 0 Å². The van der Waals surface area contributed by atoms with Gasteiger partial charge in [-0.1, -0.05) is 56.3 Å². The SMILES string of the molecule is CC(=O)O[C@@H]1/C=C/[C@@](C)(O)C(=O)[C@@H](C)C/C=C/[C@H]2[C@H](O)[C@@](C)(O)[C@@H](C)[C@H]3[C@H](Cc4ccccc4)NC(=O)[C@@]312. The summed E-state index contributed by atoms with van der Waals surface area (Å²) in [7, 11) is 0. The second-order valence-electron chi connectivity index (χ2n) is 11.7. The zero-order chi connectivity index (χ0) is 28.0. The number of carbonyl (C=O) groups is 3. The summed E-state index contributed by atoms with van der Waals surface area (Å²) in [6, 6.07) is 9.21. The van der Waals surface area contributed by atoms with Crippen molar-refractivity contribution in [3.05, 3.63) is 60.2 Å². The number of hydrogen-bond donors (Lipinski definition) is 4. The Bertz CT molecular complexity index is 1140. The second-order valence-corrected chi connectivity index (χ2v) is 11.7. The molecule has 2 aliphatic carbocycles. The van der Waals surface area contributed by atoms with Gasteiger partial charge < -0.3 is 25.4 Å². The van der Waals surface area contributed by atoms with Crippen molar-refractivity contribution in [3.8, 4) is 0 Å². The van der Waals surface area contributed by atoms with Crippen molar-refractivity contribution < 1.29 is 34.4 Å². The Morgan fingerprint density at radius 3 is 2.39 bits per heavy atom. The average Bonchev–Trinajstić information content (AvgIpc) is 3.13. The van der Waals surface area contributed by atoms with E-state index in [4.69, 9.17) is 4.74 Å². The second kappa shape index (κ2) is 10.1. The van der Waals surface area contributed by atoms with Gasteiger partial charge in [0.2, 0.25) is 5.91 Å². The average molecular weight is 526 g/mol. The molecule has 8 nitrogen and oxygen atoms in total. The number of nitrogens with one attached hydrogen (secondary N) is 1. The summed E-state index contributed by atoms with van der Waals surface area (Å²) in [4.78, 5) is 39.6. The van der Waals surface area contributed by atoms with Crippen molar-refractivity contribution in [2.24, 2.45) is 29.1 Å². The number of ether oxygens (including phenoxy) is 1. The largest absolute Gasteiger partial charge is 0.457 e. The van der Waals surface area contributed by atoms with E-state index in [0.29, 0.717) is 6.42 Å². The predicted molar refractivity (Wildman–Crippen MR) is 141 cm³/mol. The van der Waals surface area contributed by atoms with Crippen LogP contribution < -0.4 is 5.32 Å². The summed E-state index contributed by atoms with van der Waals surface area (Å²) in [6.45, 7) is 7.67. The highest BCUT2D eigenvalue weighted by atomic mass is 16.5. The molecular weight excluding hydrogens is 486 g/mol. The number of Topliss-reactive ketones (excluding diaryl/α,β-unsaturated/α-hetero) is 1. The standard InChI is InChI=1S/C30H39NO7/c1-17-10-9-13-21-26(34)29(5,37)18(2)24-22(16-20-11-7-6-8-12-20)31-27(35)30(21,24)23(38-19(3)32)14-15-28(4,36)25(17)33/h6-9,11-15,17-18,21-24,26,34,36-37H,10,16H2,1-5H3,(H,31,35)/b13-9+,15-14+/t17-,18-,21-,22-,23+,24-,26-,28+,29-,30+/m0/s1. The topological polar surface area (TPSA) is 133 Å². The number of aliphatic hydroxyl groups is 3. The summed E-state index contributed by atoms with van der Waals surface area (Å²) in [5.74, 6) is -4.14. The Morgan fingerprint density at radius 1 is 1.11 bits per heavy atom. The lowest BCUT2D eigenvalue weighted by molar-refractivity contribution is -0.217. The molecule has 4 N–H and O–H groups in total. The fourth-order valence-corrected chi connectivity index (χ4v) is 6.95. The molecular formula is C30H39NO7. The molecule has 1 saturated heterocycles. The van der Waals surface area contributed by atoms with E-state index in [0.717, 1.165) is 5.56 Å². The number of aliphatic hydroxyl groups excluding tert-OH is 1. The molecule has 1 saturated carbocycles. The number of hydrogen-bond acceptors (Lipinski definition) is 7. The lowest BCUT2D eigenvalue weighted by Gasteiger charge is -2.57. The normalized spacial score (nSPS) is 44.7. The third-order valence-corrected chi connectivity index (χ3v) is 9.08. The third kappa shape index (κ3) is 4.52. The smallest absolute Gasteiger partial charge is 0.303 e. The van der Waals surface area contributed by atoms with Gasteiger partial charge in [0.25, 0.3) is 0 Å². The van der Waals surface area contributed by atoms with Crippen molar-refractivity contribution in [1.82, 2.24) is 5.32 Å². The molecule has 0 radical (unpaired) electrons. The van der Waals surface area contributed by atoms with Crippen molar-refractivity contribution >= 4 is 17.7 Å². The number of allylic oxidation sites excluding steroid dienone is 1. The van der Waals surface area contributed by atoms with E-state index in [2.05, 4.69) is 5.32 Å². The van der Waals surface area contributed by atoms with Crippen molar-refractivity contribution in [2.45, 2.75) is 76.9 Å². The van der Waals surface area contributed by atoms with E-state index in [1.54, 1.807) is 32.9 Å². The maximum absolute atomic E-state index is 14.2. The number of rotatable bonds is 3. The van der Waals surface area contributed by atoms with Crippen LogP contribution >= 0.6 is 0 Å². The molecule has 1 spiro atoms. The summed E-state index contributed by atoms with van der Waals surface area (Å²) >= 11 is 0. The summed E-state index contributed by atoms with van der Waals surface area (Å²) in [5.41, 5.74) is -3.95. The lowest BCUT2D eigenvalue weighted by atomic mass is 9.48. The fraction of sp³-hybridized carbons (Fsp3) is 0.567. The van der Waals surface area contributed by atoms with Crippen LogP contribution in [0.25, 0.3) is 0 Å². The van der Waals surface area contributed by atoms with Crippen LogP contribution in [0, 0.1) is 29.1 Å². The van der Waals surface area contributed by atoms with E-state index in [-0.39, 0.29) is 6.42 Å². The Hall–Kier alpha value is -2.81. The van der Waals surface area contributed by atoms with Crippen LogP contribution in [0.15, 0.2) is 54.6 Å². The van der Waals surface area contributed by atoms with E-state index in [9.17, 15) is 29.7 Å². The molecule has 0 aromatic heterocycles. The van der Waals surface area contributed by atoms with Crippen molar-refractivity contribution in [2.75, 3.05) is 0 Å². The highest BCUT2D eigenvalue weighted by Gasteiger charge is 2.72. The fourth-order valence-electron chi connectivity index (χ4n) is 6.95. The summed E-state index contributed by atoms with van der Waals surface area (Å²) < 4.78 is 5.79. The first-order valence-corrected chi connectivity index (χ1v) is 13.3. The zero-order valence-corrected chi connectivity index (χ0v) is 22.6. The van der Waals surface area contributed by atoms with Crippen molar-refractivity contribution in [1.29, 1.82) is 0 Å². The molecule has 206 valence electrons. The molecule has 1 aromatic carbocycles. The minimum Gasteiger partial charge on any atom is -0.457 e. The summed E-state index contributed by atoms with van der Waals surface area (Å²) in [6.07, 6.45) is 4.23. The monoisotopic (exact) mass is 525 g/mol. The molecule has 3 aliphatic rings. The van der Waals surface area contributed by atoms with E-state index in [1.165, 1.54) is 26.0 Å². The Kier molecular flexibility index (Phi) is 7.47. The highest BCUT2D eigenvalue weighted by molar-refractivity contribution is 5.91. The molecule has 0 bridgehead atoms. The molecule has 1 amide bonds. The maximum atomic E-state index is 14.2. The van der Waals surface area contributed by atoms with Crippen LogP contribution in [0.2, 0.25) is 0 Å². The van der Waals surface area contributed by atoms with Crippen LogP contribution in [-0.4, -0.2) is 62.4 Å². The van der Waals surface area contributed by atoms with Gasteiger partial charge in [0.15, 0.2) is 5.78 Å². The van der Waals surface area contributed by atoms with Gasteiger partial charge >= 0.3 is 5.97 Å². The van der Waals surface area contributed by atoms with Gasteiger partial charge in [0.1, 0.15) is 17.1 Å². The Labute approximate surface area is 223 Å². The molecule has 38 heavy (non-hydrogen) atoms. The van der Waals surface area contributed by atoms with Gasteiger partial charge in [-0.3, -0.25) is 14.4 Å². The minimum atomic E-state index is -1.86. The van der Waals surface area contributed by atoms with E-state index < -0.39 is 76.2 Å². The molecule has 1 aliphatic heterocycles. The Morgan fingerprint density at radius 2 is 1.76 bits per heavy atom. The van der Waals surface area contributed by atoms with Crippen LogP contribution in [0.3, 0.4) is 0 Å². The van der Waals surface area contributed by atoms with Gasteiger partial charge in [-0.2, -0.15) is 0 Å². The number of ketones is 1. The molecule has 8 heteroatoms. The summed E-state index contributed by atoms with van der Waals surface area (Å²) in [5, 5.41) is 37.3. The maximum Gasteiger partial charge on any atom is 0.303 e. The minimum absolute atomic E-state index is 0.262. The molecule has 1 aromatic rings. The van der Waals surface area contributed by atoms with E-state index in [1.807, 2.05) is 30.3 Å². The highest BCUT2D eigenvalue weighted by Crippen LogP contribution is 2.60. The number of amides is 1. The van der Waals surface area contributed by atoms with Gasteiger partial charge in [-0.15, -0.1) is 0 Å².